The molecule has 7 heteroatoms. The molecule has 0 bridgehead atoms. The number of thioether (sulfide) groups is 1. The van der Waals surface area contributed by atoms with Crippen LogP contribution in [0.3, 0.4) is 0 Å². The van der Waals surface area contributed by atoms with Gasteiger partial charge in [0.05, 0.1) is 17.5 Å². The van der Waals surface area contributed by atoms with Gasteiger partial charge in [-0.25, -0.2) is 4.79 Å². The van der Waals surface area contributed by atoms with Crippen LogP contribution in [0.2, 0.25) is 0 Å². The van der Waals surface area contributed by atoms with Gasteiger partial charge in [-0.05, 0) is 38.0 Å². The molecule has 6 nitrogen and oxygen atoms in total. The topological polar surface area (TPSA) is 79.2 Å². The summed E-state index contributed by atoms with van der Waals surface area (Å²) in [5.41, 5.74) is 1.49. The van der Waals surface area contributed by atoms with Crippen molar-refractivity contribution in [2.45, 2.75) is 33.3 Å². The number of carbonyl (C=O) groups is 2. The Balaban J connectivity index is 2.46. The molecule has 1 atom stereocenters. The van der Waals surface area contributed by atoms with Gasteiger partial charge in [-0.3, -0.25) is 9.69 Å². The molecule has 2 amide bonds. The summed E-state index contributed by atoms with van der Waals surface area (Å²) in [6.45, 7) is 5.85. The van der Waals surface area contributed by atoms with Crippen molar-refractivity contribution >= 4 is 34.6 Å². The number of benzene rings is 1. The standard InChI is InChI=1S/C15H18N2O4S/c1-4-10(3)21-12-6-5-9(2)7-11(12)17-13(18)8-22-14(17)16-15(19)20/h5-7,10H,4,8H2,1-3H3,(H,19,20). The van der Waals surface area contributed by atoms with Crippen LogP contribution in [0.5, 0.6) is 5.75 Å². The quantitative estimate of drug-likeness (QED) is 0.920. The maximum Gasteiger partial charge on any atom is 0.433 e. The van der Waals surface area contributed by atoms with Crippen LogP contribution < -0.4 is 9.64 Å². The van der Waals surface area contributed by atoms with Crippen molar-refractivity contribution in [3.05, 3.63) is 23.8 Å². The molecule has 0 radical (unpaired) electrons. The molecule has 0 aliphatic carbocycles. The van der Waals surface area contributed by atoms with Crippen LogP contribution in [0.1, 0.15) is 25.8 Å². The summed E-state index contributed by atoms with van der Waals surface area (Å²) in [7, 11) is 0. The zero-order valence-electron chi connectivity index (χ0n) is 12.7. The highest BCUT2D eigenvalue weighted by Crippen LogP contribution is 2.35. The Bertz CT molecular complexity index is 630. The molecule has 2 rings (SSSR count). The summed E-state index contributed by atoms with van der Waals surface area (Å²) in [6.07, 6.45) is -0.502. The van der Waals surface area contributed by atoms with Gasteiger partial charge in [-0.2, -0.15) is 4.99 Å². The van der Waals surface area contributed by atoms with Gasteiger partial charge in [-0.1, -0.05) is 24.8 Å². The molecule has 1 aromatic carbocycles. The van der Waals surface area contributed by atoms with E-state index in [9.17, 15) is 9.59 Å². The molecule has 0 spiro atoms. The molecule has 1 fully saturated rings. The zero-order valence-corrected chi connectivity index (χ0v) is 13.5. The largest absolute Gasteiger partial charge is 0.489 e. The summed E-state index contributed by atoms with van der Waals surface area (Å²) in [4.78, 5) is 27.8. The molecule has 118 valence electrons. The maximum absolute atomic E-state index is 12.2. The molecule has 0 saturated carbocycles. The number of carbonyl (C=O) groups excluding carboxylic acids is 1. The summed E-state index contributed by atoms with van der Waals surface area (Å²) in [5, 5.41) is 9.03. The predicted octanol–water partition coefficient (Wildman–Crippen LogP) is 3.29. The van der Waals surface area contributed by atoms with E-state index in [4.69, 9.17) is 9.84 Å². The Morgan fingerprint density at radius 3 is 2.91 bits per heavy atom. The first-order valence-corrected chi connectivity index (χ1v) is 7.95. The van der Waals surface area contributed by atoms with E-state index in [0.29, 0.717) is 11.4 Å². The maximum atomic E-state index is 12.2. The fourth-order valence-corrected chi connectivity index (χ4v) is 2.82. The number of anilines is 1. The second-order valence-electron chi connectivity index (χ2n) is 5.00. The second kappa shape index (κ2) is 6.83. The number of aliphatic imine (C=N–C) groups is 1. The smallest absolute Gasteiger partial charge is 0.433 e. The number of amidine groups is 1. The van der Waals surface area contributed by atoms with Crippen LogP contribution in [0.4, 0.5) is 10.5 Å². The Labute approximate surface area is 133 Å². The molecule has 22 heavy (non-hydrogen) atoms. The third kappa shape index (κ3) is 3.59. The highest BCUT2D eigenvalue weighted by Gasteiger charge is 2.32. The molecule has 1 aliphatic rings. The first kappa shape index (κ1) is 16.4. The van der Waals surface area contributed by atoms with Crippen molar-refractivity contribution in [2.75, 3.05) is 10.7 Å². The molecule has 1 saturated heterocycles. The summed E-state index contributed by atoms with van der Waals surface area (Å²) < 4.78 is 5.86. The van der Waals surface area contributed by atoms with Gasteiger partial charge in [0, 0.05) is 0 Å². The summed E-state index contributed by atoms with van der Waals surface area (Å²) in [6, 6.07) is 5.49. The number of amides is 2. The van der Waals surface area contributed by atoms with Crippen LogP contribution in [-0.2, 0) is 4.79 Å². The lowest BCUT2D eigenvalue weighted by Crippen LogP contribution is -2.30. The van der Waals surface area contributed by atoms with Crippen molar-refractivity contribution in [3.8, 4) is 5.75 Å². The Morgan fingerprint density at radius 2 is 2.27 bits per heavy atom. The molecular formula is C15H18N2O4S. The van der Waals surface area contributed by atoms with Gasteiger partial charge in [0.15, 0.2) is 5.17 Å². The second-order valence-corrected chi connectivity index (χ2v) is 5.95. The number of rotatable bonds is 4. The van der Waals surface area contributed by atoms with E-state index >= 15 is 0 Å². The lowest BCUT2D eigenvalue weighted by Gasteiger charge is -2.22. The lowest BCUT2D eigenvalue weighted by atomic mass is 10.2. The minimum Gasteiger partial charge on any atom is -0.489 e. The predicted molar refractivity (Wildman–Crippen MR) is 87.0 cm³/mol. The fraction of sp³-hybridized carbons (Fsp3) is 0.400. The molecular weight excluding hydrogens is 304 g/mol. The van der Waals surface area contributed by atoms with Gasteiger partial charge in [-0.15, -0.1) is 0 Å². The average Bonchev–Trinajstić information content (AvgIpc) is 2.80. The van der Waals surface area contributed by atoms with Crippen LogP contribution >= 0.6 is 11.8 Å². The number of hydrogen-bond acceptors (Lipinski definition) is 4. The van der Waals surface area contributed by atoms with E-state index in [2.05, 4.69) is 4.99 Å². The number of ether oxygens (including phenoxy) is 1. The van der Waals surface area contributed by atoms with E-state index in [1.54, 1.807) is 12.1 Å². The molecule has 1 unspecified atom stereocenters. The van der Waals surface area contributed by atoms with Crippen molar-refractivity contribution in [2.24, 2.45) is 4.99 Å². The number of hydrogen-bond donors (Lipinski definition) is 1. The molecule has 1 heterocycles. The van der Waals surface area contributed by atoms with Crippen molar-refractivity contribution < 1.29 is 19.4 Å². The summed E-state index contributed by atoms with van der Waals surface area (Å²) in [5.74, 6) is 0.515. The van der Waals surface area contributed by atoms with E-state index < -0.39 is 6.09 Å². The van der Waals surface area contributed by atoms with Crippen LogP contribution in [0.25, 0.3) is 0 Å². The van der Waals surface area contributed by atoms with Crippen molar-refractivity contribution in [1.29, 1.82) is 0 Å². The van der Waals surface area contributed by atoms with E-state index in [1.807, 2.05) is 26.8 Å². The first-order chi connectivity index (χ1) is 10.4. The Kier molecular flexibility index (Phi) is 5.07. The normalized spacial score (nSPS) is 17.9. The van der Waals surface area contributed by atoms with Crippen molar-refractivity contribution in [3.63, 3.8) is 0 Å². The minimum absolute atomic E-state index is 0.00771. The van der Waals surface area contributed by atoms with Gasteiger partial charge in [0.1, 0.15) is 5.75 Å². The van der Waals surface area contributed by atoms with Crippen molar-refractivity contribution in [1.82, 2.24) is 0 Å². The number of carboxylic acid groups (broad SMARTS) is 1. The van der Waals surface area contributed by atoms with Gasteiger partial charge < -0.3 is 9.84 Å². The molecule has 1 aromatic rings. The molecule has 1 aliphatic heterocycles. The fourth-order valence-electron chi connectivity index (χ4n) is 1.97. The van der Waals surface area contributed by atoms with E-state index in [-0.39, 0.29) is 22.9 Å². The van der Waals surface area contributed by atoms with E-state index in [0.717, 1.165) is 23.7 Å². The molecule has 0 aromatic heterocycles. The number of nitrogens with zero attached hydrogens (tertiary/aromatic N) is 2. The highest BCUT2D eigenvalue weighted by molar-refractivity contribution is 8.15. The van der Waals surface area contributed by atoms with Crippen LogP contribution in [0, 0.1) is 6.92 Å². The Hall–Kier alpha value is -2.02. The van der Waals surface area contributed by atoms with Gasteiger partial charge in [0.2, 0.25) is 5.91 Å². The van der Waals surface area contributed by atoms with Gasteiger partial charge in [0.25, 0.3) is 0 Å². The third-order valence-corrected chi connectivity index (χ3v) is 4.14. The minimum atomic E-state index is -1.32. The average molecular weight is 322 g/mol. The Morgan fingerprint density at radius 1 is 1.55 bits per heavy atom. The highest BCUT2D eigenvalue weighted by atomic mass is 32.2. The van der Waals surface area contributed by atoms with E-state index in [1.165, 1.54) is 4.90 Å². The lowest BCUT2D eigenvalue weighted by molar-refractivity contribution is -0.115. The van der Waals surface area contributed by atoms with Gasteiger partial charge >= 0.3 is 6.09 Å². The third-order valence-electron chi connectivity index (χ3n) is 3.22. The monoisotopic (exact) mass is 322 g/mol. The SMILES string of the molecule is CCC(C)Oc1ccc(C)cc1N1C(=O)CSC1=NC(=O)O. The molecule has 1 N–H and O–H groups in total. The number of aryl methyl sites for hydroxylation is 1. The van der Waals surface area contributed by atoms with Crippen LogP contribution in [-0.4, -0.2) is 34.1 Å². The first-order valence-electron chi connectivity index (χ1n) is 6.97. The van der Waals surface area contributed by atoms with Crippen LogP contribution in [0.15, 0.2) is 23.2 Å². The summed E-state index contributed by atoms with van der Waals surface area (Å²) >= 11 is 1.11. The zero-order chi connectivity index (χ0) is 16.3.